The van der Waals surface area contributed by atoms with E-state index in [4.69, 9.17) is 4.74 Å². The molecule has 0 aliphatic carbocycles. The lowest BCUT2D eigenvalue weighted by molar-refractivity contribution is -0.134. The van der Waals surface area contributed by atoms with Crippen molar-refractivity contribution < 1.29 is 14.3 Å². The van der Waals surface area contributed by atoms with Crippen molar-refractivity contribution in [3.8, 4) is 5.75 Å². The Morgan fingerprint density at radius 1 is 1.26 bits per heavy atom. The van der Waals surface area contributed by atoms with E-state index in [0.29, 0.717) is 39.0 Å². The number of aromatic nitrogens is 2. The van der Waals surface area contributed by atoms with Gasteiger partial charge in [0.2, 0.25) is 11.8 Å². The smallest absolute Gasteiger partial charge is 0.223 e. The lowest BCUT2D eigenvalue weighted by Gasteiger charge is -2.33. The van der Waals surface area contributed by atoms with Crippen LogP contribution in [0.2, 0.25) is 0 Å². The van der Waals surface area contributed by atoms with E-state index >= 15 is 0 Å². The minimum atomic E-state index is -0.127. The SMILES string of the molecule is CCOc1ccc(CCC(=O)N2Cc3ccnn3[C@H](CC(=O)NC)C2)cc1. The Bertz CT molecular complexity index is 785. The van der Waals surface area contributed by atoms with Crippen LogP contribution in [0.4, 0.5) is 0 Å². The van der Waals surface area contributed by atoms with Crippen LogP contribution in [0.3, 0.4) is 0 Å². The first kappa shape index (κ1) is 18.9. The zero-order chi connectivity index (χ0) is 19.2. The molecule has 0 unspecified atom stereocenters. The van der Waals surface area contributed by atoms with Crippen molar-refractivity contribution in [1.82, 2.24) is 20.0 Å². The van der Waals surface area contributed by atoms with Crippen LogP contribution >= 0.6 is 0 Å². The lowest BCUT2D eigenvalue weighted by atomic mass is 10.1. The van der Waals surface area contributed by atoms with E-state index in [1.54, 1.807) is 13.2 Å². The van der Waals surface area contributed by atoms with E-state index in [1.165, 1.54) is 0 Å². The fourth-order valence-corrected chi connectivity index (χ4v) is 3.37. The van der Waals surface area contributed by atoms with Gasteiger partial charge in [0.1, 0.15) is 5.75 Å². The van der Waals surface area contributed by atoms with Gasteiger partial charge in [0.15, 0.2) is 0 Å². The van der Waals surface area contributed by atoms with Crippen molar-refractivity contribution in [3.05, 3.63) is 47.8 Å². The van der Waals surface area contributed by atoms with Gasteiger partial charge in [-0.3, -0.25) is 14.3 Å². The molecule has 2 amide bonds. The molecule has 0 radical (unpaired) electrons. The molecule has 2 heterocycles. The first-order valence-corrected chi connectivity index (χ1v) is 9.33. The van der Waals surface area contributed by atoms with Gasteiger partial charge in [0, 0.05) is 26.2 Å². The fraction of sp³-hybridized carbons (Fsp3) is 0.450. The molecule has 3 rings (SSSR count). The Hall–Kier alpha value is -2.83. The Morgan fingerprint density at radius 2 is 2.04 bits per heavy atom. The minimum Gasteiger partial charge on any atom is -0.494 e. The van der Waals surface area contributed by atoms with E-state index < -0.39 is 0 Å². The summed E-state index contributed by atoms with van der Waals surface area (Å²) in [7, 11) is 1.62. The zero-order valence-electron chi connectivity index (χ0n) is 15.9. The van der Waals surface area contributed by atoms with Gasteiger partial charge in [-0.05, 0) is 37.1 Å². The van der Waals surface area contributed by atoms with Crippen LogP contribution < -0.4 is 10.1 Å². The quantitative estimate of drug-likeness (QED) is 0.808. The van der Waals surface area contributed by atoms with Gasteiger partial charge in [-0.1, -0.05) is 12.1 Å². The number of rotatable bonds is 7. The molecule has 0 fully saturated rings. The highest BCUT2D eigenvalue weighted by atomic mass is 16.5. The number of amides is 2. The van der Waals surface area contributed by atoms with Gasteiger partial charge in [-0.2, -0.15) is 5.10 Å². The highest BCUT2D eigenvalue weighted by molar-refractivity contribution is 5.78. The maximum Gasteiger partial charge on any atom is 0.223 e. The van der Waals surface area contributed by atoms with Crippen LogP contribution in [0.1, 0.15) is 37.1 Å². The number of hydrogen-bond acceptors (Lipinski definition) is 4. The molecule has 7 heteroatoms. The molecule has 1 aromatic carbocycles. The average molecular weight is 370 g/mol. The number of ether oxygens (including phenoxy) is 1. The summed E-state index contributed by atoms with van der Waals surface area (Å²) in [4.78, 5) is 26.4. The number of hydrogen-bond donors (Lipinski definition) is 1. The number of aryl methyl sites for hydroxylation is 1. The summed E-state index contributed by atoms with van der Waals surface area (Å²) in [6.07, 6.45) is 3.16. The number of nitrogens with one attached hydrogen (secondary N) is 1. The molecule has 0 bridgehead atoms. The summed E-state index contributed by atoms with van der Waals surface area (Å²) in [5.41, 5.74) is 2.07. The Balaban J connectivity index is 1.60. The molecule has 144 valence electrons. The molecule has 0 saturated carbocycles. The molecule has 7 nitrogen and oxygen atoms in total. The Labute approximate surface area is 159 Å². The molecule has 1 atom stereocenters. The normalized spacial score (nSPS) is 15.9. The molecule has 1 aliphatic rings. The first-order valence-electron chi connectivity index (χ1n) is 9.33. The number of carbonyl (C=O) groups is 2. The fourth-order valence-electron chi connectivity index (χ4n) is 3.37. The summed E-state index contributed by atoms with van der Waals surface area (Å²) in [5, 5.41) is 6.97. The average Bonchev–Trinajstić information content (AvgIpc) is 3.16. The molecular weight excluding hydrogens is 344 g/mol. The molecule has 0 spiro atoms. The number of benzene rings is 1. The maximum absolute atomic E-state index is 12.7. The van der Waals surface area contributed by atoms with E-state index in [1.807, 2.05) is 46.8 Å². The van der Waals surface area contributed by atoms with E-state index in [-0.39, 0.29) is 17.9 Å². The third kappa shape index (κ3) is 4.67. The van der Waals surface area contributed by atoms with Crippen LogP contribution in [0.5, 0.6) is 5.75 Å². The van der Waals surface area contributed by atoms with Crippen LogP contribution in [-0.4, -0.2) is 46.7 Å². The highest BCUT2D eigenvalue weighted by Crippen LogP contribution is 2.24. The zero-order valence-corrected chi connectivity index (χ0v) is 15.9. The van der Waals surface area contributed by atoms with Crippen LogP contribution in [-0.2, 0) is 22.6 Å². The molecule has 0 saturated heterocycles. The van der Waals surface area contributed by atoms with Crippen molar-refractivity contribution in [2.75, 3.05) is 20.2 Å². The van der Waals surface area contributed by atoms with E-state index in [0.717, 1.165) is 17.0 Å². The first-order chi connectivity index (χ1) is 13.1. The van der Waals surface area contributed by atoms with E-state index in [2.05, 4.69) is 10.4 Å². The van der Waals surface area contributed by atoms with Gasteiger partial charge < -0.3 is 15.0 Å². The largest absolute Gasteiger partial charge is 0.494 e. The number of nitrogens with zero attached hydrogens (tertiary/aromatic N) is 3. The highest BCUT2D eigenvalue weighted by Gasteiger charge is 2.29. The Kier molecular flexibility index (Phi) is 6.11. The topological polar surface area (TPSA) is 76.5 Å². The van der Waals surface area contributed by atoms with Gasteiger partial charge in [-0.15, -0.1) is 0 Å². The summed E-state index contributed by atoms with van der Waals surface area (Å²) in [5.74, 6) is 0.886. The van der Waals surface area contributed by atoms with Crippen molar-refractivity contribution in [2.24, 2.45) is 0 Å². The van der Waals surface area contributed by atoms with Crippen molar-refractivity contribution >= 4 is 11.8 Å². The second-order valence-corrected chi connectivity index (χ2v) is 6.65. The van der Waals surface area contributed by atoms with Crippen LogP contribution in [0, 0.1) is 0 Å². The second-order valence-electron chi connectivity index (χ2n) is 6.65. The molecule has 1 aliphatic heterocycles. The molecule has 1 aromatic heterocycles. The van der Waals surface area contributed by atoms with Crippen molar-refractivity contribution in [1.29, 1.82) is 0 Å². The van der Waals surface area contributed by atoms with Gasteiger partial charge >= 0.3 is 0 Å². The van der Waals surface area contributed by atoms with Crippen molar-refractivity contribution in [3.63, 3.8) is 0 Å². The summed E-state index contributed by atoms with van der Waals surface area (Å²) >= 11 is 0. The van der Waals surface area contributed by atoms with Crippen molar-refractivity contribution in [2.45, 2.75) is 38.8 Å². The summed E-state index contributed by atoms with van der Waals surface area (Å²) < 4.78 is 7.31. The number of fused-ring (bicyclic) bond motifs is 1. The third-order valence-corrected chi connectivity index (χ3v) is 4.80. The van der Waals surface area contributed by atoms with Crippen LogP contribution in [0.25, 0.3) is 0 Å². The second kappa shape index (κ2) is 8.70. The van der Waals surface area contributed by atoms with Crippen LogP contribution in [0.15, 0.2) is 36.5 Å². The van der Waals surface area contributed by atoms with Gasteiger partial charge in [-0.25, -0.2) is 0 Å². The van der Waals surface area contributed by atoms with Gasteiger partial charge in [0.05, 0.1) is 31.3 Å². The van der Waals surface area contributed by atoms with Gasteiger partial charge in [0.25, 0.3) is 0 Å². The predicted molar refractivity (Wildman–Crippen MR) is 101 cm³/mol. The third-order valence-electron chi connectivity index (χ3n) is 4.80. The number of carbonyl (C=O) groups excluding carboxylic acids is 2. The monoisotopic (exact) mass is 370 g/mol. The lowest BCUT2D eigenvalue weighted by Crippen LogP contribution is -2.42. The summed E-state index contributed by atoms with van der Waals surface area (Å²) in [6, 6.07) is 9.64. The molecule has 2 aromatic rings. The molecule has 1 N–H and O–H groups in total. The minimum absolute atomic E-state index is 0.0508. The predicted octanol–water partition coefficient (Wildman–Crippen LogP) is 1.93. The summed E-state index contributed by atoms with van der Waals surface area (Å²) in [6.45, 7) is 3.63. The molecule has 27 heavy (non-hydrogen) atoms. The standard InChI is InChI=1S/C20H26N4O3/c1-3-27-18-7-4-15(5-8-18)6-9-20(26)23-13-16-10-11-22-24(16)17(14-23)12-19(25)21-2/h4-5,7-8,10-11,17H,3,6,9,12-14H2,1-2H3,(H,21,25)/t17-/m1/s1. The molecular formula is C20H26N4O3. The maximum atomic E-state index is 12.7. The Morgan fingerprint density at radius 3 is 2.74 bits per heavy atom. The van der Waals surface area contributed by atoms with E-state index in [9.17, 15) is 9.59 Å².